The van der Waals surface area contributed by atoms with Crippen molar-refractivity contribution in [2.45, 2.75) is 11.1 Å². The van der Waals surface area contributed by atoms with Crippen molar-refractivity contribution in [2.75, 3.05) is 19.9 Å². The predicted octanol–water partition coefficient (Wildman–Crippen LogP) is 2.98. The van der Waals surface area contributed by atoms with Gasteiger partial charge >= 0.3 is 0 Å². The van der Waals surface area contributed by atoms with Gasteiger partial charge in [-0.2, -0.15) is 11.3 Å². The zero-order valence-electron chi connectivity index (χ0n) is 11.3. The number of carbonyl (C=O) groups excluding carboxylic acids is 1. The first-order valence-corrected chi connectivity index (χ1v) is 8.25. The van der Waals surface area contributed by atoms with E-state index in [1.165, 1.54) is 11.8 Å². The lowest BCUT2D eigenvalue weighted by molar-refractivity contribution is 0.0826. The summed E-state index contributed by atoms with van der Waals surface area (Å²) >= 11 is 3.07. The number of ether oxygens (including phenoxy) is 1. The molecule has 0 aliphatic carbocycles. The number of methoxy groups -OCH3 is 1. The topological polar surface area (TPSA) is 51.2 Å². The Morgan fingerprint density at radius 2 is 2.40 bits per heavy atom. The second-order valence-corrected chi connectivity index (χ2v) is 5.63. The summed E-state index contributed by atoms with van der Waals surface area (Å²) in [5.74, 6) is -0.125. The predicted molar refractivity (Wildman–Crippen MR) is 82.4 cm³/mol. The third kappa shape index (κ3) is 3.59. The van der Waals surface area contributed by atoms with E-state index in [0.29, 0.717) is 12.1 Å². The fourth-order valence-corrected chi connectivity index (χ4v) is 3.05. The molecule has 0 spiro atoms. The van der Waals surface area contributed by atoms with E-state index < -0.39 is 0 Å². The number of nitrogens with zero attached hydrogens (tertiary/aromatic N) is 1. The van der Waals surface area contributed by atoms with E-state index in [1.54, 1.807) is 36.8 Å². The molecular formula is C14H16N2O2S2. The fraction of sp³-hybridized carbons (Fsp3) is 0.286. The van der Waals surface area contributed by atoms with Crippen molar-refractivity contribution in [3.63, 3.8) is 0 Å². The van der Waals surface area contributed by atoms with Gasteiger partial charge in [-0.05, 0) is 40.8 Å². The van der Waals surface area contributed by atoms with Gasteiger partial charge in [0, 0.05) is 19.9 Å². The maximum Gasteiger partial charge on any atom is 0.254 e. The lowest BCUT2D eigenvalue weighted by Gasteiger charge is -2.15. The minimum atomic E-state index is -0.125. The highest BCUT2D eigenvalue weighted by molar-refractivity contribution is 7.98. The van der Waals surface area contributed by atoms with Gasteiger partial charge in [0.1, 0.15) is 11.1 Å². The second-order valence-electron chi connectivity index (χ2n) is 4.05. The Bertz CT molecular complexity index is 558. The molecule has 2 heterocycles. The van der Waals surface area contributed by atoms with Crippen molar-refractivity contribution in [3.8, 4) is 0 Å². The molecule has 0 aliphatic heterocycles. The molecular weight excluding hydrogens is 292 g/mol. The van der Waals surface area contributed by atoms with Crippen LogP contribution in [0.5, 0.6) is 0 Å². The van der Waals surface area contributed by atoms with Crippen molar-refractivity contribution in [1.29, 1.82) is 0 Å². The van der Waals surface area contributed by atoms with Crippen LogP contribution < -0.4 is 5.32 Å². The van der Waals surface area contributed by atoms with Gasteiger partial charge < -0.3 is 10.1 Å². The van der Waals surface area contributed by atoms with Gasteiger partial charge in [-0.25, -0.2) is 4.98 Å². The van der Waals surface area contributed by atoms with Crippen LogP contribution in [0.3, 0.4) is 0 Å². The summed E-state index contributed by atoms with van der Waals surface area (Å²) in [6, 6.07) is 5.55. The van der Waals surface area contributed by atoms with Crippen molar-refractivity contribution in [3.05, 3.63) is 46.3 Å². The van der Waals surface area contributed by atoms with Crippen molar-refractivity contribution < 1.29 is 9.53 Å². The van der Waals surface area contributed by atoms with Crippen LogP contribution in [0.4, 0.5) is 0 Å². The van der Waals surface area contributed by atoms with Crippen LogP contribution in [0.2, 0.25) is 0 Å². The number of carbonyl (C=O) groups is 1. The quantitative estimate of drug-likeness (QED) is 0.834. The van der Waals surface area contributed by atoms with Crippen molar-refractivity contribution in [1.82, 2.24) is 10.3 Å². The normalized spacial score (nSPS) is 12.1. The molecule has 0 fully saturated rings. The number of amides is 1. The molecule has 0 radical (unpaired) electrons. The van der Waals surface area contributed by atoms with Crippen LogP contribution in [0, 0.1) is 0 Å². The summed E-state index contributed by atoms with van der Waals surface area (Å²) in [6.07, 6.45) is 3.47. The summed E-state index contributed by atoms with van der Waals surface area (Å²) in [4.78, 5) is 16.4. The number of nitrogens with one attached hydrogen (secondary N) is 1. The van der Waals surface area contributed by atoms with Gasteiger partial charge in [0.05, 0.1) is 5.56 Å². The zero-order valence-corrected chi connectivity index (χ0v) is 13.0. The molecule has 0 bridgehead atoms. The van der Waals surface area contributed by atoms with E-state index in [-0.39, 0.29) is 12.0 Å². The second kappa shape index (κ2) is 7.42. The van der Waals surface area contributed by atoms with E-state index in [9.17, 15) is 4.79 Å². The molecule has 2 aromatic heterocycles. The van der Waals surface area contributed by atoms with Crippen LogP contribution in [-0.2, 0) is 4.74 Å². The lowest BCUT2D eigenvalue weighted by Crippen LogP contribution is -2.29. The minimum absolute atomic E-state index is 0.125. The summed E-state index contributed by atoms with van der Waals surface area (Å²) in [5, 5.41) is 7.65. The molecule has 106 valence electrons. The van der Waals surface area contributed by atoms with Gasteiger partial charge in [-0.1, -0.05) is 0 Å². The van der Waals surface area contributed by atoms with E-state index in [0.717, 1.165) is 10.6 Å². The molecule has 1 amide bonds. The number of thiophene rings is 1. The molecule has 0 aromatic carbocycles. The van der Waals surface area contributed by atoms with Gasteiger partial charge in [-0.15, -0.1) is 11.8 Å². The fourth-order valence-electron chi connectivity index (χ4n) is 1.80. The van der Waals surface area contributed by atoms with Gasteiger partial charge in [-0.3, -0.25) is 4.79 Å². The Morgan fingerprint density at radius 3 is 3.05 bits per heavy atom. The third-order valence-electron chi connectivity index (χ3n) is 2.86. The van der Waals surface area contributed by atoms with Crippen molar-refractivity contribution in [2.24, 2.45) is 0 Å². The van der Waals surface area contributed by atoms with E-state index in [4.69, 9.17) is 4.74 Å². The Morgan fingerprint density at radius 1 is 1.55 bits per heavy atom. The van der Waals surface area contributed by atoms with Gasteiger partial charge in [0.2, 0.25) is 0 Å². The Hall–Kier alpha value is -1.37. The molecule has 2 rings (SSSR count). The molecule has 0 saturated carbocycles. The van der Waals surface area contributed by atoms with Crippen LogP contribution in [0.1, 0.15) is 22.0 Å². The first-order chi connectivity index (χ1) is 9.76. The van der Waals surface area contributed by atoms with E-state index in [1.807, 2.05) is 23.1 Å². The molecule has 0 aliphatic rings. The average Bonchev–Trinajstić information content (AvgIpc) is 3.02. The SMILES string of the molecule is COC(CNC(=O)c1cccnc1SC)c1ccsc1. The molecule has 1 atom stereocenters. The molecule has 2 aromatic rings. The number of pyridine rings is 1. The highest BCUT2D eigenvalue weighted by atomic mass is 32.2. The van der Waals surface area contributed by atoms with Gasteiger partial charge in [0.15, 0.2) is 0 Å². The number of hydrogen-bond acceptors (Lipinski definition) is 5. The van der Waals surface area contributed by atoms with Crippen LogP contribution in [0.25, 0.3) is 0 Å². The third-order valence-corrected chi connectivity index (χ3v) is 4.27. The molecule has 0 saturated heterocycles. The lowest BCUT2D eigenvalue weighted by atomic mass is 10.2. The van der Waals surface area contributed by atoms with E-state index >= 15 is 0 Å². The zero-order chi connectivity index (χ0) is 14.4. The minimum Gasteiger partial charge on any atom is -0.375 e. The highest BCUT2D eigenvalue weighted by Crippen LogP contribution is 2.20. The average molecular weight is 308 g/mol. The summed E-state index contributed by atoms with van der Waals surface area (Å²) in [6.45, 7) is 0.439. The number of thioether (sulfide) groups is 1. The molecule has 1 N–H and O–H groups in total. The Labute approximate surface area is 126 Å². The number of hydrogen-bond donors (Lipinski definition) is 1. The first kappa shape index (κ1) is 15.0. The van der Waals surface area contributed by atoms with Crippen molar-refractivity contribution >= 4 is 29.0 Å². The summed E-state index contributed by atoms with van der Waals surface area (Å²) in [7, 11) is 1.64. The summed E-state index contributed by atoms with van der Waals surface area (Å²) in [5.41, 5.74) is 1.68. The monoisotopic (exact) mass is 308 g/mol. The maximum absolute atomic E-state index is 12.2. The number of rotatable bonds is 6. The Kier molecular flexibility index (Phi) is 5.58. The molecule has 20 heavy (non-hydrogen) atoms. The van der Waals surface area contributed by atoms with Gasteiger partial charge in [0.25, 0.3) is 5.91 Å². The smallest absolute Gasteiger partial charge is 0.254 e. The van der Waals surface area contributed by atoms with Crippen LogP contribution in [0.15, 0.2) is 40.2 Å². The van der Waals surface area contributed by atoms with E-state index in [2.05, 4.69) is 10.3 Å². The molecule has 6 heteroatoms. The Balaban J connectivity index is 2.01. The maximum atomic E-state index is 12.2. The number of aromatic nitrogens is 1. The summed E-state index contributed by atoms with van der Waals surface area (Å²) < 4.78 is 5.41. The van der Waals surface area contributed by atoms with Crippen LogP contribution in [-0.4, -0.2) is 30.8 Å². The van der Waals surface area contributed by atoms with Crippen LogP contribution >= 0.6 is 23.1 Å². The highest BCUT2D eigenvalue weighted by Gasteiger charge is 2.15. The molecule has 1 unspecified atom stereocenters. The standard InChI is InChI=1S/C14H16N2O2S2/c1-18-12(10-5-7-20-9-10)8-16-13(17)11-4-3-6-15-14(11)19-2/h3-7,9,12H,8H2,1-2H3,(H,16,17). The largest absolute Gasteiger partial charge is 0.375 e. The molecule has 4 nitrogen and oxygen atoms in total. The first-order valence-electron chi connectivity index (χ1n) is 6.08.